The number of aromatic nitrogens is 1. The average Bonchev–Trinajstić information content (AvgIpc) is 3.27. The van der Waals surface area contributed by atoms with E-state index in [1.807, 2.05) is 0 Å². The van der Waals surface area contributed by atoms with Crippen LogP contribution in [-0.4, -0.2) is 55.2 Å². The lowest BCUT2D eigenvalue weighted by molar-refractivity contribution is 0.0177. The van der Waals surface area contributed by atoms with Crippen LogP contribution in [0.1, 0.15) is 53.0 Å². The van der Waals surface area contributed by atoms with E-state index in [9.17, 15) is 4.79 Å². The van der Waals surface area contributed by atoms with Crippen molar-refractivity contribution in [2.24, 2.45) is 0 Å². The van der Waals surface area contributed by atoms with Gasteiger partial charge in [0.1, 0.15) is 5.01 Å². The van der Waals surface area contributed by atoms with Crippen molar-refractivity contribution in [2.45, 2.75) is 63.7 Å². The normalized spacial score (nSPS) is 22.1. The van der Waals surface area contributed by atoms with Crippen LogP contribution in [0.4, 0.5) is 0 Å². The minimum atomic E-state index is -0.109. The lowest BCUT2D eigenvalue weighted by atomic mass is 9.81. The molecule has 1 amide bonds. The molecule has 0 radical (unpaired) electrons. The summed E-state index contributed by atoms with van der Waals surface area (Å²) in [7, 11) is 4.67. The number of aryl methyl sites for hydroxylation is 1. The monoisotopic (exact) mass is 495 g/mol. The highest BCUT2D eigenvalue weighted by atomic mass is 32.1. The van der Waals surface area contributed by atoms with Crippen LogP contribution in [0.3, 0.4) is 0 Å². The van der Waals surface area contributed by atoms with Crippen molar-refractivity contribution in [3.8, 4) is 17.2 Å². The minimum absolute atomic E-state index is 0.109. The highest BCUT2D eigenvalue weighted by Crippen LogP contribution is 2.39. The van der Waals surface area contributed by atoms with Crippen molar-refractivity contribution in [2.75, 3.05) is 21.3 Å². The van der Waals surface area contributed by atoms with Gasteiger partial charge in [0.25, 0.3) is 5.91 Å². The van der Waals surface area contributed by atoms with Gasteiger partial charge in [-0.05, 0) is 56.4 Å². The first-order valence-electron chi connectivity index (χ1n) is 12.2. The number of hydrogen-bond acceptors (Lipinski definition) is 7. The fourth-order valence-electron chi connectivity index (χ4n) is 5.69. The molecule has 1 unspecified atom stereocenters. The zero-order valence-corrected chi connectivity index (χ0v) is 21.6. The lowest BCUT2D eigenvalue weighted by Crippen LogP contribution is -2.56. The van der Waals surface area contributed by atoms with Crippen LogP contribution in [0.15, 0.2) is 30.3 Å². The Balaban J connectivity index is 1.29. The van der Waals surface area contributed by atoms with Crippen LogP contribution in [0.25, 0.3) is 10.2 Å². The first-order valence-corrected chi connectivity index (χ1v) is 13.0. The number of fused-ring (bicyclic) bond motifs is 3. The Morgan fingerprint density at radius 3 is 2.37 bits per heavy atom. The minimum Gasteiger partial charge on any atom is -0.493 e. The van der Waals surface area contributed by atoms with Gasteiger partial charge in [-0.15, -0.1) is 11.3 Å². The molecule has 1 N–H and O–H groups in total. The fourth-order valence-corrected chi connectivity index (χ4v) is 6.75. The number of carbonyl (C=O) groups excluding carboxylic acids is 1. The zero-order chi connectivity index (χ0) is 24.5. The number of hydrogen-bond donors (Lipinski definition) is 1. The van der Waals surface area contributed by atoms with Gasteiger partial charge in [-0.3, -0.25) is 9.69 Å². The summed E-state index contributed by atoms with van der Waals surface area (Å²) in [6.07, 6.45) is 5.49. The second-order valence-electron chi connectivity index (χ2n) is 9.50. The molecule has 0 aliphatic carbocycles. The molecule has 186 valence electrons. The number of nitrogens with one attached hydrogen (secondary N) is 1. The van der Waals surface area contributed by atoms with Gasteiger partial charge in [0, 0.05) is 23.7 Å². The van der Waals surface area contributed by atoms with Crippen LogP contribution in [0.2, 0.25) is 0 Å². The predicted molar refractivity (Wildman–Crippen MR) is 138 cm³/mol. The third-order valence-corrected chi connectivity index (χ3v) is 8.38. The summed E-state index contributed by atoms with van der Waals surface area (Å²) in [6, 6.07) is 10.9. The van der Waals surface area contributed by atoms with Crippen molar-refractivity contribution in [3.63, 3.8) is 0 Å². The highest BCUT2D eigenvalue weighted by Gasteiger charge is 2.39. The molecule has 3 atom stereocenters. The quantitative estimate of drug-likeness (QED) is 0.500. The van der Waals surface area contributed by atoms with Crippen LogP contribution in [-0.2, 0) is 6.54 Å². The van der Waals surface area contributed by atoms with Crippen molar-refractivity contribution in [1.29, 1.82) is 0 Å². The number of nitrogens with zero attached hydrogens (tertiary/aromatic N) is 2. The molecular weight excluding hydrogens is 462 g/mol. The largest absolute Gasteiger partial charge is 0.493 e. The summed E-state index contributed by atoms with van der Waals surface area (Å²) in [5, 5.41) is 4.47. The molecule has 3 heterocycles. The molecule has 2 aliphatic rings. The number of piperidine rings is 2. The topological polar surface area (TPSA) is 72.9 Å². The van der Waals surface area contributed by atoms with Crippen molar-refractivity contribution >= 4 is 27.5 Å². The highest BCUT2D eigenvalue weighted by molar-refractivity contribution is 7.18. The van der Waals surface area contributed by atoms with Gasteiger partial charge in [0.05, 0.1) is 38.1 Å². The van der Waals surface area contributed by atoms with E-state index in [2.05, 4.69) is 35.3 Å². The number of para-hydroxylation sites is 1. The van der Waals surface area contributed by atoms with E-state index in [4.69, 9.17) is 19.2 Å². The molecule has 2 bridgehead atoms. The summed E-state index contributed by atoms with van der Waals surface area (Å²) >= 11 is 1.81. The number of amides is 1. The Bertz CT molecular complexity index is 1190. The molecule has 0 spiro atoms. The van der Waals surface area contributed by atoms with E-state index in [1.165, 1.54) is 21.7 Å². The molecule has 2 fully saturated rings. The SMILES string of the molecule is COc1cc(C(=O)NC2C[C@H]3CCC[C@@H](C2)N3Cc2nc3c(C)cccc3s2)cc(OC)c1OC. The second kappa shape index (κ2) is 10.0. The Kier molecular flexibility index (Phi) is 6.84. The second-order valence-corrected chi connectivity index (χ2v) is 10.6. The number of methoxy groups -OCH3 is 3. The maximum absolute atomic E-state index is 13.2. The molecule has 0 saturated carbocycles. The molecule has 2 aliphatic heterocycles. The molecule has 5 rings (SSSR count). The van der Waals surface area contributed by atoms with Gasteiger partial charge in [0.15, 0.2) is 11.5 Å². The number of benzene rings is 2. The Morgan fingerprint density at radius 1 is 1.09 bits per heavy atom. The predicted octanol–water partition coefficient (Wildman–Crippen LogP) is 4.95. The number of rotatable bonds is 7. The van der Waals surface area contributed by atoms with Crippen LogP contribution in [0, 0.1) is 6.92 Å². The molecule has 1 aromatic heterocycles. The van der Waals surface area contributed by atoms with E-state index in [0.717, 1.165) is 37.7 Å². The fraction of sp³-hybridized carbons (Fsp3) is 0.481. The van der Waals surface area contributed by atoms with Gasteiger partial charge in [-0.2, -0.15) is 0 Å². The summed E-state index contributed by atoms with van der Waals surface area (Å²) in [5.41, 5.74) is 2.88. The summed E-state index contributed by atoms with van der Waals surface area (Å²) in [6.45, 7) is 3.02. The molecular formula is C27H33N3O4S. The van der Waals surface area contributed by atoms with E-state index >= 15 is 0 Å². The third-order valence-electron chi connectivity index (χ3n) is 7.37. The smallest absolute Gasteiger partial charge is 0.251 e. The molecule has 8 heteroatoms. The average molecular weight is 496 g/mol. The first-order chi connectivity index (χ1) is 17.0. The number of ether oxygens (including phenoxy) is 3. The van der Waals surface area contributed by atoms with Gasteiger partial charge in [-0.1, -0.05) is 18.6 Å². The van der Waals surface area contributed by atoms with E-state index in [1.54, 1.807) is 44.8 Å². The maximum Gasteiger partial charge on any atom is 0.251 e. The number of thiazole rings is 1. The van der Waals surface area contributed by atoms with Crippen molar-refractivity contribution in [1.82, 2.24) is 15.2 Å². The Morgan fingerprint density at radius 2 is 1.77 bits per heavy atom. The van der Waals surface area contributed by atoms with Crippen LogP contribution >= 0.6 is 11.3 Å². The first kappa shape index (κ1) is 23.9. The standard InChI is InChI=1S/C27H33N3O4S/c1-16-7-5-10-23-25(16)29-24(35-23)15-30-19-8-6-9-20(30)14-18(13-19)28-27(31)17-11-21(32-2)26(34-4)22(12-17)33-3/h5,7,10-12,18-20H,6,8-9,13-15H2,1-4H3,(H,28,31)/t18?,19-,20+. The Hall–Kier alpha value is -2.84. The zero-order valence-electron chi connectivity index (χ0n) is 20.8. The summed E-state index contributed by atoms with van der Waals surface area (Å²) in [5.74, 6) is 1.34. The van der Waals surface area contributed by atoms with Gasteiger partial charge in [0.2, 0.25) is 5.75 Å². The van der Waals surface area contributed by atoms with Gasteiger partial charge >= 0.3 is 0 Å². The Labute approximate surface area is 210 Å². The molecule has 2 saturated heterocycles. The van der Waals surface area contributed by atoms with E-state index in [0.29, 0.717) is 34.9 Å². The van der Waals surface area contributed by atoms with Gasteiger partial charge < -0.3 is 19.5 Å². The number of carbonyl (C=O) groups is 1. The van der Waals surface area contributed by atoms with E-state index < -0.39 is 0 Å². The summed E-state index contributed by atoms with van der Waals surface area (Å²) < 4.78 is 17.5. The maximum atomic E-state index is 13.2. The van der Waals surface area contributed by atoms with Crippen LogP contribution in [0.5, 0.6) is 17.2 Å². The molecule has 2 aromatic carbocycles. The molecule has 35 heavy (non-hydrogen) atoms. The molecule has 3 aromatic rings. The van der Waals surface area contributed by atoms with E-state index in [-0.39, 0.29) is 11.9 Å². The van der Waals surface area contributed by atoms with Gasteiger partial charge in [-0.25, -0.2) is 4.98 Å². The van der Waals surface area contributed by atoms with Crippen LogP contribution < -0.4 is 19.5 Å². The molecule has 7 nitrogen and oxygen atoms in total. The van der Waals surface area contributed by atoms with Crippen molar-refractivity contribution in [3.05, 3.63) is 46.5 Å². The van der Waals surface area contributed by atoms with Crippen molar-refractivity contribution < 1.29 is 19.0 Å². The third kappa shape index (κ3) is 4.69. The summed E-state index contributed by atoms with van der Waals surface area (Å²) in [4.78, 5) is 20.8. The lowest BCUT2D eigenvalue weighted by Gasteiger charge is -2.48.